The number of amides is 1. The van der Waals surface area contributed by atoms with Crippen LogP contribution in [0.1, 0.15) is 12.8 Å². The highest BCUT2D eigenvalue weighted by Gasteiger charge is 2.28. The fourth-order valence-corrected chi connectivity index (χ4v) is 2.00. The molecule has 2 aromatic carbocycles. The molecule has 0 saturated heterocycles. The largest absolute Gasteiger partial charge is 0.493 e. The lowest BCUT2D eigenvalue weighted by atomic mass is 10.2. The van der Waals surface area contributed by atoms with Crippen molar-refractivity contribution in [1.29, 1.82) is 0 Å². The summed E-state index contributed by atoms with van der Waals surface area (Å²) in [5.74, 6) is -0.219. The number of rotatable bonds is 8. The van der Waals surface area contributed by atoms with Crippen molar-refractivity contribution >= 4 is 11.6 Å². The molecule has 0 saturated carbocycles. The summed E-state index contributed by atoms with van der Waals surface area (Å²) in [4.78, 5) is 11.8. The molecule has 0 aliphatic rings. The van der Waals surface area contributed by atoms with Gasteiger partial charge in [-0.05, 0) is 42.8 Å². The molecule has 0 bridgehead atoms. The number of halogens is 4. The van der Waals surface area contributed by atoms with E-state index in [1.807, 2.05) is 0 Å². The minimum absolute atomic E-state index is 0.0591. The van der Waals surface area contributed by atoms with Crippen molar-refractivity contribution < 1.29 is 31.8 Å². The van der Waals surface area contributed by atoms with Crippen LogP contribution in [0.2, 0.25) is 0 Å². The van der Waals surface area contributed by atoms with Crippen LogP contribution >= 0.6 is 0 Å². The third kappa shape index (κ3) is 7.42. The minimum Gasteiger partial charge on any atom is -0.493 e. The summed E-state index contributed by atoms with van der Waals surface area (Å²) in [6, 6.07) is 11.3. The van der Waals surface area contributed by atoms with E-state index in [9.17, 15) is 22.4 Å². The zero-order chi connectivity index (χ0) is 19.0. The van der Waals surface area contributed by atoms with E-state index in [2.05, 4.69) is 10.1 Å². The predicted molar refractivity (Wildman–Crippen MR) is 87.8 cm³/mol. The van der Waals surface area contributed by atoms with Gasteiger partial charge in [0.05, 0.1) is 6.61 Å². The van der Waals surface area contributed by atoms with Gasteiger partial charge in [-0.1, -0.05) is 6.07 Å². The number of nitrogens with one attached hydrogen (secondary N) is 1. The van der Waals surface area contributed by atoms with Gasteiger partial charge in [-0.25, -0.2) is 4.39 Å². The van der Waals surface area contributed by atoms with Gasteiger partial charge in [0.1, 0.15) is 17.3 Å². The average molecular weight is 371 g/mol. The molecule has 0 unspecified atom stereocenters. The summed E-state index contributed by atoms with van der Waals surface area (Å²) in [5.41, 5.74) is 0.445. The standard InChI is InChI=1S/C18H17F4NO3/c19-13-3-1-4-16(11-13)25-10-2-5-17(24)23-14-6-8-15(9-7-14)26-12-18(20,21)22/h1,3-4,6-9,11H,2,5,10,12H2,(H,23,24). The van der Waals surface area contributed by atoms with Gasteiger partial charge < -0.3 is 14.8 Å². The van der Waals surface area contributed by atoms with E-state index in [1.165, 1.54) is 42.5 Å². The van der Waals surface area contributed by atoms with E-state index >= 15 is 0 Å². The van der Waals surface area contributed by atoms with E-state index in [0.717, 1.165) is 0 Å². The van der Waals surface area contributed by atoms with Gasteiger partial charge in [0.2, 0.25) is 5.91 Å². The first kappa shape index (κ1) is 19.6. The number of carbonyl (C=O) groups is 1. The first-order valence-corrected chi connectivity index (χ1v) is 7.80. The normalized spacial score (nSPS) is 11.1. The van der Waals surface area contributed by atoms with Crippen LogP contribution in [0, 0.1) is 5.82 Å². The predicted octanol–water partition coefficient (Wildman–Crippen LogP) is 4.56. The highest BCUT2D eigenvalue weighted by molar-refractivity contribution is 5.90. The Labute approximate surface area is 147 Å². The lowest BCUT2D eigenvalue weighted by Gasteiger charge is -2.10. The highest BCUT2D eigenvalue weighted by Crippen LogP contribution is 2.20. The van der Waals surface area contributed by atoms with Crippen LogP contribution < -0.4 is 14.8 Å². The zero-order valence-corrected chi connectivity index (χ0v) is 13.7. The fraction of sp³-hybridized carbons (Fsp3) is 0.278. The molecule has 1 N–H and O–H groups in total. The van der Waals surface area contributed by atoms with Gasteiger partial charge in [0.15, 0.2) is 6.61 Å². The fourth-order valence-electron chi connectivity index (χ4n) is 2.00. The molecular weight excluding hydrogens is 354 g/mol. The number of anilines is 1. The van der Waals surface area contributed by atoms with Crippen LogP contribution in [0.25, 0.3) is 0 Å². The van der Waals surface area contributed by atoms with E-state index in [-0.39, 0.29) is 24.7 Å². The first-order valence-electron chi connectivity index (χ1n) is 7.80. The lowest BCUT2D eigenvalue weighted by molar-refractivity contribution is -0.153. The van der Waals surface area contributed by atoms with Gasteiger partial charge in [0, 0.05) is 18.2 Å². The van der Waals surface area contributed by atoms with Gasteiger partial charge >= 0.3 is 6.18 Å². The van der Waals surface area contributed by atoms with Crippen LogP contribution in [-0.4, -0.2) is 25.3 Å². The highest BCUT2D eigenvalue weighted by atomic mass is 19.4. The van der Waals surface area contributed by atoms with Crippen molar-refractivity contribution in [3.63, 3.8) is 0 Å². The second kappa shape index (κ2) is 9.07. The van der Waals surface area contributed by atoms with Crippen molar-refractivity contribution in [2.45, 2.75) is 19.0 Å². The summed E-state index contributed by atoms with van der Waals surface area (Å²) in [6.45, 7) is -1.12. The quantitative estimate of drug-likeness (QED) is 0.546. The Morgan fingerprint density at radius 2 is 1.73 bits per heavy atom. The van der Waals surface area contributed by atoms with Gasteiger partial charge in [0.25, 0.3) is 0 Å². The maximum Gasteiger partial charge on any atom is 0.422 e. The van der Waals surface area contributed by atoms with Crippen molar-refractivity contribution in [3.8, 4) is 11.5 Å². The molecule has 4 nitrogen and oxygen atoms in total. The first-order chi connectivity index (χ1) is 12.3. The molecule has 0 aliphatic carbocycles. The number of carbonyl (C=O) groups excluding carboxylic acids is 1. The van der Waals surface area contributed by atoms with Gasteiger partial charge in [-0.3, -0.25) is 4.79 Å². The Morgan fingerprint density at radius 3 is 2.38 bits per heavy atom. The van der Waals surface area contributed by atoms with E-state index in [0.29, 0.717) is 17.9 Å². The summed E-state index contributed by atoms with van der Waals surface area (Å²) in [7, 11) is 0. The number of benzene rings is 2. The van der Waals surface area contributed by atoms with Crippen molar-refractivity contribution in [3.05, 3.63) is 54.3 Å². The molecular formula is C18H17F4NO3. The smallest absolute Gasteiger partial charge is 0.422 e. The van der Waals surface area contributed by atoms with E-state index in [1.54, 1.807) is 6.07 Å². The number of hydrogen-bond acceptors (Lipinski definition) is 3. The van der Waals surface area contributed by atoms with E-state index in [4.69, 9.17) is 4.74 Å². The summed E-state index contributed by atoms with van der Waals surface area (Å²) >= 11 is 0. The maximum absolute atomic E-state index is 13.0. The molecule has 0 radical (unpaired) electrons. The topological polar surface area (TPSA) is 47.6 Å². The summed E-state index contributed by atoms with van der Waals surface area (Å²) in [5, 5.41) is 2.62. The van der Waals surface area contributed by atoms with Gasteiger partial charge in [-0.2, -0.15) is 13.2 Å². The number of ether oxygens (including phenoxy) is 2. The second-order valence-electron chi connectivity index (χ2n) is 5.39. The van der Waals surface area contributed by atoms with Crippen LogP contribution in [-0.2, 0) is 4.79 Å². The van der Waals surface area contributed by atoms with Crippen LogP contribution in [0.3, 0.4) is 0 Å². The Bertz CT molecular complexity index is 717. The third-order valence-corrected chi connectivity index (χ3v) is 3.15. The maximum atomic E-state index is 13.0. The molecule has 140 valence electrons. The summed E-state index contributed by atoms with van der Waals surface area (Å²) < 4.78 is 59.1. The number of hydrogen-bond donors (Lipinski definition) is 1. The Hall–Kier alpha value is -2.77. The Kier molecular flexibility index (Phi) is 6.82. The molecule has 26 heavy (non-hydrogen) atoms. The number of alkyl halides is 3. The second-order valence-corrected chi connectivity index (χ2v) is 5.39. The Balaban J connectivity index is 1.69. The SMILES string of the molecule is O=C(CCCOc1cccc(F)c1)Nc1ccc(OCC(F)(F)F)cc1. The van der Waals surface area contributed by atoms with Crippen LogP contribution in [0.5, 0.6) is 11.5 Å². The molecule has 0 heterocycles. The molecule has 0 aliphatic heterocycles. The van der Waals surface area contributed by atoms with Crippen molar-refractivity contribution in [2.24, 2.45) is 0 Å². The van der Waals surface area contributed by atoms with Crippen molar-refractivity contribution in [2.75, 3.05) is 18.5 Å². The van der Waals surface area contributed by atoms with Gasteiger partial charge in [-0.15, -0.1) is 0 Å². The molecule has 0 atom stereocenters. The van der Waals surface area contributed by atoms with E-state index < -0.39 is 18.6 Å². The molecule has 8 heteroatoms. The minimum atomic E-state index is -4.40. The molecule has 0 aromatic heterocycles. The molecule has 2 rings (SSSR count). The zero-order valence-electron chi connectivity index (χ0n) is 13.7. The third-order valence-electron chi connectivity index (χ3n) is 3.15. The van der Waals surface area contributed by atoms with Crippen molar-refractivity contribution in [1.82, 2.24) is 0 Å². The molecule has 0 spiro atoms. The average Bonchev–Trinajstić information content (AvgIpc) is 2.57. The van der Waals surface area contributed by atoms with Crippen LogP contribution in [0.4, 0.5) is 23.2 Å². The Morgan fingerprint density at radius 1 is 1.00 bits per heavy atom. The van der Waals surface area contributed by atoms with Crippen LogP contribution in [0.15, 0.2) is 48.5 Å². The molecule has 1 amide bonds. The molecule has 2 aromatic rings. The summed E-state index contributed by atoms with van der Waals surface area (Å²) in [6.07, 6.45) is -3.79. The lowest BCUT2D eigenvalue weighted by Crippen LogP contribution is -2.19. The monoisotopic (exact) mass is 371 g/mol. The molecule has 0 fully saturated rings.